The molecule has 0 saturated carbocycles. The number of aryl methyl sites for hydroxylation is 1. The van der Waals surface area contributed by atoms with Crippen LogP contribution in [-0.2, 0) is 14.3 Å². The standard InChI is InChI=1S/C23H24N2O4/c1-16-8-5-6-12-19(16)22(27)24(15-18-11-7-13-29-18)20-14-21(26)25(23(20)28)17-9-3-2-4-10-17/h2-6,8-10,12,18,20H,7,11,13-15H2,1H3. The van der Waals surface area contributed by atoms with Crippen molar-refractivity contribution in [1.82, 2.24) is 4.90 Å². The molecular weight excluding hydrogens is 368 g/mol. The summed E-state index contributed by atoms with van der Waals surface area (Å²) in [6, 6.07) is 15.3. The smallest absolute Gasteiger partial charge is 0.257 e. The van der Waals surface area contributed by atoms with Crippen LogP contribution in [0.1, 0.15) is 35.2 Å². The first-order chi connectivity index (χ1) is 14.1. The number of ether oxygens (including phenoxy) is 1. The monoisotopic (exact) mass is 392 g/mol. The molecule has 29 heavy (non-hydrogen) atoms. The zero-order valence-corrected chi connectivity index (χ0v) is 16.4. The molecule has 6 nitrogen and oxygen atoms in total. The first-order valence-electron chi connectivity index (χ1n) is 9.96. The number of benzene rings is 2. The SMILES string of the molecule is Cc1ccccc1C(=O)N(CC1CCCO1)C1CC(=O)N(c2ccccc2)C1=O. The molecule has 3 amide bonds. The summed E-state index contributed by atoms with van der Waals surface area (Å²) in [4.78, 5) is 42.1. The van der Waals surface area contributed by atoms with Crippen molar-refractivity contribution in [1.29, 1.82) is 0 Å². The number of anilines is 1. The van der Waals surface area contributed by atoms with E-state index in [9.17, 15) is 14.4 Å². The fraction of sp³-hybridized carbons (Fsp3) is 0.348. The van der Waals surface area contributed by atoms with Crippen molar-refractivity contribution in [2.24, 2.45) is 0 Å². The van der Waals surface area contributed by atoms with Gasteiger partial charge in [-0.1, -0.05) is 36.4 Å². The first-order valence-corrected chi connectivity index (χ1v) is 9.96. The Balaban J connectivity index is 1.65. The number of imide groups is 1. The van der Waals surface area contributed by atoms with Crippen LogP contribution in [0.25, 0.3) is 0 Å². The Labute approximate surface area is 170 Å². The lowest BCUT2D eigenvalue weighted by Gasteiger charge is -2.30. The summed E-state index contributed by atoms with van der Waals surface area (Å²) in [6.45, 7) is 2.83. The Morgan fingerprint density at radius 1 is 1.10 bits per heavy atom. The molecule has 0 bridgehead atoms. The van der Waals surface area contributed by atoms with E-state index < -0.39 is 6.04 Å². The van der Waals surface area contributed by atoms with Crippen LogP contribution in [0.2, 0.25) is 0 Å². The second kappa shape index (κ2) is 8.17. The second-order valence-corrected chi connectivity index (χ2v) is 7.53. The van der Waals surface area contributed by atoms with E-state index >= 15 is 0 Å². The van der Waals surface area contributed by atoms with Crippen LogP contribution in [0, 0.1) is 6.92 Å². The van der Waals surface area contributed by atoms with Gasteiger partial charge in [-0.2, -0.15) is 0 Å². The van der Waals surface area contributed by atoms with Gasteiger partial charge >= 0.3 is 0 Å². The third-order valence-electron chi connectivity index (χ3n) is 5.57. The summed E-state index contributed by atoms with van der Waals surface area (Å²) in [5.41, 5.74) is 1.92. The van der Waals surface area contributed by atoms with E-state index in [1.807, 2.05) is 31.2 Å². The molecule has 0 N–H and O–H groups in total. The summed E-state index contributed by atoms with van der Waals surface area (Å²) in [6.07, 6.45) is 1.65. The van der Waals surface area contributed by atoms with Crippen LogP contribution in [-0.4, -0.2) is 47.9 Å². The molecule has 0 aliphatic carbocycles. The summed E-state index contributed by atoms with van der Waals surface area (Å²) < 4.78 is 5.73. The quantitative estimate of drug-likeness (QED) is 0.734. The van der Waals surface area contributed by atoms with Gasteiger partial charge in [0.15, 0.2) is 0 Å². The molecular formula is C23H24N2O4. The van der Waals surface area contributed by atoms with Crippen molar-refractivity contribution in [3.8, 4) is 0 Å². The average molecular weight is 392 g/mol. The molecule has 2 aromatic rings. The number of para-hydroxylation sites is 1. The van der Waals surface area contributed by atoms with Crippen molar-refractivity contribution in [3.63, 3.8) is 0 Å². The summed E-state index contributed by atoms with van der Waals surface area (Å²) in [5.74, 6) is -0.887. The van der Waals surface area contributed by atoms with Gasteiger partial charge in [-0.3, -0.25) is 14.4 Å². The Kier molecular flexibility index (Phi) is 5.45. The van der Waals surface area contributed by atoms with Crippen molar-refractivity contribution in [3.05, 3.63) is 65.7 Å². The topological polar surface area (TPSA) is 66.9 Å². The van der Waals surface area contributed by atoms with Crippen LogP contribution in [0.4, 0.5) is 5.69 Å². The van der Waals surface area contributed by atoms with Crippen molar-refractivity contribution in [2.75, 3.05) is 18.1 Å². The maximum absolute atomic E-state index is 13.4. The number of amides is 3. The maximum atomic E-state index is 13.4. The van der Waals surface area contributed by atoms with E-state index in [0.29, 0.717) is 24.4 Å². The predicted octanol–water partition coefficient (Wildman–Crippen LogP) is 2.95. The van der Waals surface area contributed by atoms with Gasteiger partial charge in [-0.15, -0.1) is 0 Å². The third-order valence-corrected chi connectivity index (χ3v) is 5.57. The molecule has 2 saturated heterocycles. The minimum absolute atomic E-state index is 0.0158. The maximum Gasteiger partial charge on any atom is 0.257 e. The van der Waals surface area contributed by atoms with E-state index in [-0.39, 0.29) is 30.2 Å². The largest absolute Gasteiger partial charge is 0.376 e. The van der Waals surface area contributed by atoms with Gasteiger partial charge in [0.2, 0.25) is 5.91 Å². The van der Waals surface area contributed by atoms with Gasteiger partial charge in [0.05, 0.1) is 18.2 Å². The van der Waals surface area contributed by atoms with Crippen LogP contribution in [0.15, 0.2) is 54.6 Å². The minimum atomic E-state index is -0.820. The Hall–Kier alpha value is -2.99. The summed E-state index contributed by atoms with van der Waals surface area (Å²) >= 11 is 0. The van der Waals surface area contributed by atoms with E-state index in [4.69, 9.17) is 4.74 Å². The molecule has 0 radical (unpaired) electrons. The average Bonchev–Trinajstić information content (AvgIpc) is 3.34. The van der Waals surface area contributed by atoms with Gasteiger partial charge in [0.25, 0.3) is 11.8 Å². The lowest BCUT2D eigenvalue weighted by Crippen LogP contribution is -2.48. The van der Waals surface area contributed by atoms with Gasteiger partial charge in [-0.25, -0.2) is 4.90 Å². The molecule has 2 fully saturated rings. The molecule has 6 heteroatoms. The van der Waals surface area contributed by atoms with E-state index in [2.05, 4.69) is 0 Å². The van der Waals surface area contributed by atoms with E-state index in [1.165, 1.54) is 4.90 Å². The van der Waals surface area contributed by atoms with Gasteiger partial charge in [0.1, 0.15) is 6.04 Å². The number of carbonyl (C=O) groups is 3. The highest BCUT2D eigenvalue weighted by Gasteiger charge is 2.45. The number of carbonyl (C=O) groups excluding carboxylic acids is 3. The Bertz CT molecular complexity index is 921. The number of rotatable bonds is 5. The molecule has 4 rings (SSSR count). The Morgan fingerprint density at radius 3 is 2.52 bits per heavy atom. The molecule has 2 atom stereocenters. The van der Waals surface area contributed by atoms with Gasteiger partial charge in [0, 0.05) is 18.7 Å². The van der Waals surface area contributed by atoms with Crippen LogP contribution >= 0.6 is 0 Å². The minimum Gasteiger partial charge on any atom is -0.376 e. The molecule has 2 aliphatic rings. The molecule has 2 aliphatic heterocycles. The Morgan fingerprint density at radius 2 is 1.83 bits per heavy atom. The molecule has 2 heterocycles. The van der Waals surface area contributed by atoms with Gasteiger partial charge in [-0.05, 0) is 43.5 Å². The lowest BCUT2D eigenvalue weighted by molar-refractivity contribution is -0.122. The van der Waals surface area contributed by atoms with Crippen LogP contribution in [0.5, 0.6) is 0 Å². The highest BCUT2D eigenvalue weighted by Crippen LogP contribution is 2.28. The number of hydrogen-bond donors (Lipinski definition) is 0. The number of nitrogens with zero attached hydrogens (tertiary/aromatic N) is 2. The van der Waals surface area contributed by atoms with Crippen molar-refractivity contribution >= 4 is 23.4 Å². The highest BCUT2D eigenvalue weighted by atomic mass is 16.5. The predicted molar refractivity (Wildman–Crippen MR) is 109 cm³/mol. The zero-order valence-electron chi connectivity index (χ0n) is 16.4. The summed E-state index contributed by atoms with van der Waals surface area (Å²) in [5, 5.41) is 0. The zero-order chi connectivity index (χ0) is 20.4. The van der Waals surface area contributed by atoms with E-state index in [0.717, 1.165) is 18.4 Å². The van der Waals surface area contributed by atoms with E-state index in [1.54, 1.807) is 35.2 Å². The van der Waals surface area contributed by atoms with Crippen LogP contribution < -0.4 is 4.90 Å². The van der Waals surface area contributed by atoms with Crippen LogP contribution in [0.3, 0.4) is 0 Å². The molecule has 0 spiro atoms. The number of hydrogen-bond acceptors (Lipinski definition) is 4. The molecule has 2 aromatic carbocycles. The highest BCUT2D eigenvalue weighted by molar-refractivity contribution is 6.23. The van der Waals surface area contributed by atoms with Gasteiger partial charge < -0.3 is 9.64 Å². The fourth-order valence-corrected chi connectivity index (χ4v) is 4.03. The van der Waals surface area contributed by atoms with Crippen molar-refractivity contribution in [2.45, 2.75) is 38.3 Å². The molecule has 2 unspecified atom stereocenters. The molecule has 150 valence electrons. The third kappa shape index (κ3) is 3.80. The van der Waals surface area contributed by atoms with Crippen molar-refractivity contribution < 1.29 is 19.1 Å². The molecule has 0 aromatic heterocycles. The lowest BCUT2D eigenvalue weighted by atomic mass is 10.0. The summed E-state index contributed by atoms with van der Waals surface area (Å²) in [7, 11) is 0. The normalized spacial score (nSPS) is 21.6. The second-order valence-electron chi connectivity index (χ2n) is 7.53. The first kappa shape index (κ1) is 19.3. The fourth-order valence-electron chi connectivity index (χ4n) is 4.03.